The average molecular weight is 1180 g/mol. The SMILES string of the molecule is C1CC2C3CCC(C3)C2C1.CC.CC.CC.CC.CC.CC(C)c1ccccc1.CCC.CCc1cc(C)cc(CC)c1.CCc1ccc(-c2ccc(CC)cc2)cc1.CCc1ccc(CC)cc1.c1ccccc1.c1ccccc1.c1ccccc1. The molecule has 0 aromatic heterocycles. The van der Waals surface area contributed by atoms with E-state index < -0.39 is 0 Å². The number of hydrogen-bond donors (Lipinski definition) is 0. The van der Waals surface area contributed by atoms with Gasteiger partial charge in [0.25, 0.3) is 0 Å². The van der Waals surface area contributed by atoms with Gasteiger partial charge in [0.15, 0.2) is 0 Å². The van der Waals surface area contributed by atoms with E-state index >= 15 is 0 Å². The minimum Gasteiger partial charge on any atom is -0.0683 e. The molecular formula is C87H132. The van der Waals surface area contributed by atoms with Crippen molar-refractivity contribution in [2.24, 2.45) is 23.7 Å². The van der Waals surface area contributed by atoms with E-state index in [0.717, 1.165) is 38.5 Å². The number of fused-ring (bicyclic) bond motifs is 5. The first-order valence-electron chi connectivity index (χ1n) is 35.0. The molecule has 3 aliphatic rings. The molecule has 0 radical (unpaired) electrons. The highest BCUT2D eigenvalue weighted by Crippen LogP contribution is 2.58. The lowest BCUT2D eigenvalue weighted by molar-refractivity contribution is 0.259. The second-order valence-electron chi connectivity index (χ2n) is 21.0. The van der Waals surface area contributed by atoms with Gasteiger partial charge in [0, 0.05) is 0 Å². The lowest BCUT2D eigenvalue weighted by atomic mass is 9.82. The summed E-state index contributed by atoms with van der Waals surface area (Å²) in [4.78, 5) is 0. The van der Waals surface area contributed by atoms with Gasteiger partial charge in [0.2, 0.25) is 0 Å². The number of aryl methyl sites for hydroxylation is 7. The van der Waals surface area contributed by atoms with Gasteiger partial charge >= 0.3 is 0 Å². The Balaban J connectivity index is -0.000000916. The fourth-order valence-corrected chi connectivity index (χ4v) is 10.2. The van der Waals surface area contributed by atoms with Gasteiger partial charge in [0.1, 0.15) is 0 Å². The van der Waals surface area contributed by atoms with Crippen LogP contribution in [0.1, 0.15) is 234 Å². The predicted molar refractivity (Wildman–Crippen MR) is 400 cm³/mol. The molecule has 11 rings (SSSR count). The molecule has 0 heterocycles. The van der Waals surface area contributed by atoms with E-state index in [1.54, 1.807) is 38.5 Å². The van der Waals surface area contributed by atoms with Crippen LogP contribution >= 0.6 is 0 Å². The summed E-state index contributed by atoms with van der Waals surface area (Å²) in [7, 11) is 0. The molecule has 87 heavy (non-hydrogen) atoms. The van der Waals surface area contributed by atoms with E-state index in [4.69, 9.17) is 0 Å². The standard InChI is InChI=1S/C16H18.C11H16.C10H16.C10H14.C9H12.3C6H6.C3H8.5C2H6/c1-3-13-5-9-15(10-6-13)16-11-7-14(4-2)8-12-16;1-4-10-6-9(3)7-11(5-2)8-10;1-2-9-7-4-5-8(6-7)10(9)3-1;1-3-9-5-7-10(4-2)8-6-9;1-8(2)9-6-4-3-5-7-9;3*1-2-4-6-5-3-1;1-3-2;5*1-2/h5-12H,3-4H2,1-2H3;6-8H,4-5H2,1-3H3;7-10H,1-6H2;5-8H,3-4H2,1-2H3;3-8H,1-2H3;3*1-6H;3H2,1-2H3;5*1-2H3. The van der Waals surface area contributed by atoms with E-state index in [1.165, 1.54) is 85.7 Å². The molecular weight excluding hydrogens is 1040 g/mol. The topological polar surface area (TPSA) is 0 Å². The molecule has 0 N–H and O–H groups in total. The van der Waals surface area contributed by atoms with Crippen LogP contribution in [-0.2, 0) is 38.5 Å². The Labute approximate surface area is 541 Å². The summed E-state index contributed by atoms with van der Waals surface area (Å²) in [5, 5.41) is 0. The van der Waals surface area contributed by atoms with Gasteiger partial charge in [0.05, 0.1) is 0 Å². The molecule has 4 atom stereocenters. The summed E-state index contributed by atoms with van der Waals surface area (Å²) in [6, 6.07) is 79.9. The van der Waals surface area contributed by atoms with Crippen molar-refractivity contribution in [3.8, 4) is 11.1 Å². The van der Waals surface area contributed by atoms with Gasteiger partial charge < -0.3 is 0 Å². The fourth-order valence-electron chi connectivity index (χ4n) is 10.2. The van der Waals surface area contributed by atoms with E-state index in [2.05, 4.69) is 191 Å². The molecule has 0 nitrogen and oxygen atoms in total. The second kappa shape index (κ2) is 61.4. The van der Waals surface area contributed by atoms with Crippen molar-refractivity contribution in [3.63, 3.8) is 0 Å². The predicted octanol–water partition coefficient (Wildman–Crippen LogP) is 27.7. The average Bonchev–Trinajstić information content (AvgIpc) is 3.02. The third-order valence-corrected chi connectivity index (χ3v) is 14.7. The summed E-state index contributed by atoms with van der Waals surface area (Å²) >= 11 is 0. The zero-order valence-electron chi connectivity index (χ0n) is 60.0. The van der Waals surface area contributed by atoms with E-state index in [9.17, 15) is 0 Å². The summed E-state index contributed by atoms with van der Waals surface area (Å²) in [6.45, 7) is 44.0. The first kappa shape index (κ1) is 85.0. The lowest BCUT2D eigenvalue weighted by Gasteiger charge is -2.23. The summed E-state index contributed by atoms with van der Waals surface area (Å²) in [5.41, 5.74) is 14.0. The van der Waals surface area contributed by atoms with Crippen LogP contribution in [-0.4, -0.2) is 0 Å². The molecule has 0 aliphatic heterocycles. The van der Waals surface area contributed by atoms with Crippen molar-refractivity contribution < 1.29 is 0 Å². The van der Waals surface area contributed by atoms with Crippen LogP contribution in [0.4, 0.5) is 0 Å². The van der Waals surface area contributed by atoms with Gasteiger partial charge in [-0.3, -0.25) is 0 Å². The Morgan fingerprint density at radius 1 is 0.299 bits per heavy atom. The maximum atomic E-state index is 2.30. The normalized spacial score (nSPS) is 14.2. The van der Waals surface area contributed by atoms with Crippen molar-refractivity contribution in [3.05, 3.63) is 275 Å². The van der Waals surface area contributed by atoms with E-state index in [1.807, 2.05) is 184 Å². The minimum absolute atomic E-state index is 0.659. The molecule has 3 aliphatic carbocycles. The number of benzene rings is 8. The lowest BCUT2D eigenvalue weighted by Crippen LogP contribution is -2.15. The smallest absolute Gasteiger partial charge is 0.0184 e. The van der Waals surface area contributed by atoms with Crippen LogP contribution in [0, 0.1) is 30.6 Å². The first-order valence-corrected chi connectivity index (χ1v) is 35.0. The molecule has 480 valence electrons. The van der Waals surface area contributed by atoms with Crippen LogP contribution < -0.4 is 0 Å². The van der Waals surface area contributed by atoms with Crippen molar-refractivity contribution in [1.82, 2.24) is 0 Å². The highest BCUT2D eigenvalue weighted by Gasteiger charge is 2.48. The molecule has 0 amide bonds. The number of hydrogen-bond acceptors (Lipinski definition) is 0. The Kier molecular flexibility index (Phi) is 60.0. The van der Waals surface area contributed by atoms with Crippen molar-refractivity contribution in [1.29, 1.82) is 0 Å². The minimum atomic E-state index is 0.659. The van der Waals surface area contributed by atoms with E-state index in [0.29, 0.717) is 5.92 Å². The molecule has 3 saturated carbocycles. The summed E-state index contributed by atoms with van der Waals surface area (Å²) < 4.78 is 0. The largest absolute Gasteiger partial charge is 0.0683 e. The molecule has 2 bridgehead atoms. The zero-order valence-corrected chi connectivity index (χ0v) is 60.0. The van der Waals surface area contributed by atoms with Crippen LogP contribution in [0.3, 0.4) is 0 Å². The summed E-state index contributed by atoms with van der Waals surface area (Å²) in [6.07, 6.45) is 17.6. The van der Waals surface area contributed by atoms with Crippen LogP contribution in [0.25, 0.3) is 11.1 Å². The quantitative estimate of drug-likeness (QED) is 0.142. The molecule has 3 fully saturated rings. The first-order chi connectivity index (χ1) is 42.6. The van der Waals surface area contributed by atoms with Gasteiger partial charge in [-0.05, 0) is 157 Å². The highest BCUT2D eigenvalue weighted by molar-refractivity contribution is 5.64. The summed E-state index contributed by atoms with van der Waals surface area (Å²) in [5.74, 6) is 5.46. The Hall–Kier alpha value is -6.24. The van der Waals surface area contributed by atoms with Crippen molar-refractivity contribution in [2.45, 2.75) is 235 Å². The molecule has 0 heteroatoms. The molecule has 0 spiro atoms. The molecule has 8 aromatic rings. The van der Waals surface area contributed by atoms with Crippen LogP contribution in [0.5, 0.6) is 0 Å². The van der Waals surface area contributed by atoms with Crippen LogP contribution in [0.2, 0.25) is 0 Å². The molecule has 8 aromatic carbocycles. The fraction of sp³-hybridized carbons (Fsp3) is 0.448. The van der Waals surface area contributed by atoms with Gasteiger partial charge in [-0.1, -0.05) is 387 Å². The Morgan fingerprint density at radius 2 is 0.529 bits per heavy atom. The van der Waals surface area contributed by atoms with Gasteiger partial charge in [-0.15, -0.1) is 0 Å². The molecule has 4 unspecified atom stereocenters. The van der Waals surface area contributed by atoms with Crippen LogP contribution in [0.15, 0.2) is 231 Å². The molecule has 0 saturated heterocycles. The highest BCUT2D eigenvalue weighted by atomic mass is 14.5. The second-order valence-corrected chi connectivity index (χ2v) is 21.0. The Morgan fingerprint density at radius 3 is 0.747 bits per heavy atom. The maximum absolute atomic E-state index is 2.30. The van der Waals surface area contributed by atoms with Gasteiger partial charge in [-0.2, -0.15) is 0 Å². The number of rotatable bonds is 8. The third kappa shape index (κ3) is 40.8. The van der Waals surface area contributed by atoms with E-state index in [-0.39, 0.29) is 0 Å². The third-order valence-electron chi connectivity index (χ3n) is 14.7. The monoisotopic (exact) mass is 1180 g/mol. The zero-order chi connectivity index (χ0) is 65.7. The van der Waals surface area contributed by atoms with Gasteiger partial charge in [-0.25, -0.2) is 0 Å². The van der Waals surface area contributed by atoms with Crippen molar-refractivity contribution in [2.75, 3.05) is 0 Å². The maximum Gasteiger partial charge on any atom is -0.0184 e. The Bertz CT molecular complexity index is 2280. The van der Waals surface area contributed by atoms with Crippen molar-refractivity contribution >= 4 is 0 Å².